The van der Waals surface area contributed by atoms with E-state index < -0.39 is 5.82 Å². The molecular formula is C14H15FN2O. The minimum absolute atomic E-state index is 0.182. The van der Waals surface area contributed by atoms with Crippen molar-refractivity contribution >= 4 is 5.78 Å². The van der Waals surface area contributed by atoms with E-state index in [1.165, 1.54) is 12.1 Å². The predicted octanol–water partition coefficient (Wildman–Crippen LogP) is 2.97. The molecule has 0 fully saturated rings. The smallest absolute Gasteiger partial charge is 0.211 e. The number of carbonyl (C=O) groups is 1. The minimum atomic E-state index is -0.398. The Bertz CT molecular complexity index is 575. The first-order valence-corrected chi connectivity index (χ1v) is 5.96. The Labute approximate surface area is 105 Å². The van der Waals surface area contributed by atoms with Crippen molar-refractivity contribution in [3.8, 4) is 0 Å². The summed E-state index contributed by atoms with van der Waals surface area (Å²) in [5, 5.41) is 4.11. The molecular weight excluding hydrogens is 231 g/mol. The van der Waals surface area contributed by atoms with Crippen LogP contribution in [-0.2, 0) is 6.54 Å². The average Bonchev–Trinajstić information content (AvgIpc) is 2.80. The van der Waals surface area contributed by atoms with E-state index in [2.05, 4.69) is 5.10 Å². The Morgan fingerprint density at radius 1 is 1.39 bits per heavy atom. The number of nitrogens with zero attached hydrogens (tertiary/aromatic N) is 2. The molecule has 3 nitrogen and oxygen atoms in total. The number of rotatable bonds is 4. The molecule has 0 saturated carbocycles. The fraction of sp³-hybridized carbons (Fsp3) is 0.286. The molecule has 94 valence electrons. The van der Waals surface area contributed by atoms with Gasteiger partial charge in [-0.2, -0.15) is 5.10 Å². The molecule has 0 bridgehead atoms. The molecule has 0 amide bonds. The van der Waals surface area contributed by atoms with Crippen LogP contribution in [0.2, 0.25) is 0 Å². The highest BCUT2D eigenvalue weighted by Crippen LogP contribution is 2.15. The average molecular weight is 246 g/mol. The molecule has 0 aliphatic carbocycles. The Morgan fingerprint density at radius 3 is 2.89 bits per heavy atom. The number of carbonyl (C=O) groups excluding carboxylic acids is 1. The fourth-order valence-electron chi connectivity index (χ4n) is 1.89. The van der Waals surface area contributed by atoms with Crippen molar-refractivity contribution in [3.63, 3.8) is 0 Å². The Morgan fingerprint density at radius 2 is 2.17 bits per heavy atom. The molecule has 0 radical (unpaired) electrons. The van der Waals surface area contributed by atoms with E-state index >= 15 is 0 Å². The molecule has 1 aromatic carbocycles. The summed E-state index contributed by atoms with van der Waals surface area (Å²) in [5.74, 6) is -0.580. The van der Waals surface area contributed by atoms with Crippen LogP contribution in [-0.4, -0.2) is 15.6 Å². The largest absolute Gasteiger partial charge is 0.287 e. The van der Waals surface area contributed by atoms with E-state index in [1.807, 2.05) is 6.92 Å². The zero-order valence-electron chi connectivity index (χ0n) is 10.5. The maximum Gasteiger partial charge on any atom is 0.211 e. The highest BCUT2D eigenvalue weighted by atomic mass is 19.1. The summed E-state index contributed by atoms with van der Waals surface area (Å²) in [6, 6.07) is 5.92. The van der Waals surface area contributed by atoms with Crippen LogP contribution >= 0.6 is 0 Å². The second-order valence-corrected chi connectivity index (χ2v) is 4.23. The lowest BCUT2D eigenvalue weighted by Crippen LogP contribution is -2.12. The lowest BCUT2D eigenvalue weighted by atomic mass is 10.0. The Balaban J connectivity index is 2.41. The van der Waals surface area contributed by atoms with Crippen molar-refractivity contribution in [3.05, 3.63) is 53.1 Å². The van der Waals surface area contributed by atoms with Crippen LogP contribution in [0.3, 0.4) is 0 Å². The Hall–Kier alpha value is -1.97. The topological polar surface area (TPSA) is 34.9 Å². The van der Waals surface area contributed by atoms with Crippen LogP contribution in [0.4, 0.5) is 4.39 Å². The molecule has 0 atom stereocenters. The van der Waals surface area contributed by atoms with Crippen molar-refractivity contribution in [2.24, 2.45) is 0 Å². The van der Waals surface area contributed by atoms with Gasteiger partial charge in [0.05, 0.1) is 0 Å². The standard InChI is InChI=1S/C14H15FN2O/c1-3-8-17-13(6-7-16-17)14(18)12-9-11(15)5-4-10(12)2/h4-7,9H,3,8H2,1-2H3. The molecule has 0 unspecified atom stereocenters. The van der Waals surface area contributed by atoms with Gasteiger partial charge in [0.25, 0.3) is 0 Å². The van der Waals surface area contributed by atoms with Crippen LogP contribution in [0.15, 0.2) is 30.5 Å². The lowest BCUT2D eigenvalue weighted by Gasteiger charge is -2.07. The second kappa shape index (κ2) is 5.12. The third-order valence-electron chi connectivity index (χ3n) is 2.83. The molecule has 0 aliphatic heterocycles. The van der Waals surface area contributed by atoms with E-state index in [0.717, 1.165) is 12.0 Å². The van der Waals surface area contributed by atoms with Crippen molar-refractivity contribution in [1.82, 2.24) is 9.78 Å². The van der Waals surface area contributed by atoms with E-state index in [4.69, 9.17) is 0 Å². The van der Waals surface area contributed by atoms with Gasteiger partial charge >= 0.3 is 0 Å². The molecule has 0 aliphatic rings. The SMILES string of the molecule is CCCn1nccc1C(=O)c1cc(F)ccc1C. The van der Waals surface area contributed by atoms with Crippen molar-refractivity contribution in [2.45, 2.75) is 26.8 Å². The van der Waals surface area contributed by atoms with Gasteiger partial charge in [0.1, 0.15) is 11.5 Å². The van der Waals surface area contributed by atoms with Crippen molar-refractivity contribution in [2.75, 3.05) is 0 Å². The van der Waals surface area contributed by atoms with E-state index in [1.54, 1.807) is 29.9 Å². The Kier molecular flexibility index (Phi) is 3.55. The summed E-state index contributed by atoms with van der Waals surface area (Å²) in [6.45, 7) is 4.50. The van der Waals surface area contributed by atoms with Crippen LogP contribution in [0.25, 0.3) is 0 Å². The first kappa shape index (κ1) is 12.5. The van der Waals surface area contributed by atoms with Crippen LogP contribution in [0, 0.1) is 12.7 Å². The number of aryl methyl sites for hydroxylation is 2. The highest BCUT2D eigenvalue weighted by molar-refractivity contribution is 6.08. The summed E-state index contributed by atoms with van der Waals surface area (Å²) in [4.78, 5) is 12.3. The zero-order valence-corrected chi connectivity index (χ0v) is 10.5. The van der Waals surface area contributed by atoms with Crippen molar-refractivity contribution in [1.29, 1.82) is 0 Å². The third kappa shape index (κ3) is 2.32. The second-order valence-electron chi connectivity index (χ2n) is 4.23. The maximum absolute atomic E-state index is 13.2. The maximum atomic E-state index is 13.2. The first-order valence-electron chi connectivity index (χ1n) is 5.96. The third-order valence-corrected chi connectivity index (χ3v) is 2.83. The normalized spacial score (nSPS) is 10.6. The molecule has 0 N–H and O–H groups in total. The number of benzene rings is 1. The monoisotopic (exact) mass is 246 g/mol. The van der Waals surface area contributed by atoms with Crippen LogP contribution < -0.4 is 0 Å². The van der Waals surface area contributed by atoms with E-state index in [0.29, 0.717) is 17.8 Å². The van der Waals surface area contributed by atoms with E-state index in [9.17, 15) is 9.18 Å². The molecule has 0 spiro atoms. The van der Waals surface area contributed by atoms with Gasteiger partial charge in [-0.25, -0.2) is 4.39 Å². The zero-order chi connectivity index (χ0) is 13.1. The fourth-order valence-corrected chi connectivity index (χ4v) is 1.89. The van der Waals surface area contributed by atoms with Gasteiger partial charge in [-0.1, -0.05) is 13.0 Å². The van der Waals surface area contributed by atoms with Gasteiger partial charge in [-0.15, -0.1) is 0 Å². The van der Waals surface area contributed by atoms with Gasteiger partial charge in [-0.3, -0.25) is 9.48 Å². The molecule has 1 heterocycles. The summed E-state index contributed by atoms with van der Waals surface area (Å²) in [5.41, 5.74) is 1.67. The number of ketones is 1. The van der Waals surface area contributed by atoms with Gasteiger partial charge < -0.3 is 0 Å². The molecule has 2 aromatic rings. The van der Waals surface area contributed by atoms with Crippen LogP contribution in [0.5, 0.6) is 0 Å². The highest BCUT2D eigenvalue weighted by Gasteiger charge is 2.16. The molecule has 4 heteroatoms. The van der Waals surface area contributed by atoms with Gasteiger partial charge in [-0.05, 0) is 37.1 Å². The van der Waals surface area contributed by atoms with Crippen LogP contribution in [0.1, 0.15) is 35.0 Å². The minimum Gasteiger partial charge on any atom is -0.287 e. The number of hydrogen-bond acceptors (Lipinski definition) is 2. The molecule has 2 rings (SSSR count). The van der Waals surface area contributed by atoms with Gasteiger partial charge in [0.15, 0.2) is 0 Å². The molecule has 18 heavy (non-hydrogen) atoms. The number of halogens is 1. The van der Waals surface area contributed by atoms with Gasteiger partial charge in [0, 0.05) is 18.3 Å². The summed E-state index contributed by atoms with van der Waals surface area (Å²) in [6.07, 6.45) is 2.49. The summed E-state index contributed by atoms with van der Waals surface area (Å²) >= 11 is 0. The van der Waals surface area contributed by atoms with E-state index in [-0.39, 0.29) is 5.78 Å². The quantitative estimate of drug-likeness (QED) is 0.777. The summed E-state index contributed by atoms with van der Waals surface area (Å²) < 4.78 is 14.9. The summed E-state index contributed by atoms with van der Waals surface area (Å²) in [7, 11) is 0. The molecule has 0 saturated heterocycles. The number of aromatic nitrogens is 2. The van der Waals surface area contributed by atoms with Gasteiger partial charge in [0.2, 0.25) is 5.78 Å². The number of hydrogen-bond donors (Lipinski definition) is 0. The first-order chi connectivity index (χ1) is 8.63. The van der Waals surface area contributed by atoms with Crippen molar-refractivity contribution < 1.29 is 9.18 Å². The predicted molar refractivity (Wildman–Crippen MR) is 67.1 cm³/mol. The lowest BCUT2D eigenvalue weighted by molar-refractivity contribution is 0.102. The molecule has 1 aromatic heterocycles.